The lowest BCUT2D eigenvalue weighted by Crippen LogP contribution is -2.21. The zero-order valence-corrected chi connectivity index (χ0v) is 17.3. The largest absolute Gasteiger partial charge is 0.451 e. The highest BCUT2D eigenvalue weighted by molar-refractivity contribution is 9.10. The van der Waals surface area contributed by atoms with Gasteiger partial charge in [-0.15, -0.1) is 11.3 Å². The van der Waals surface area contributed by atoms with Crippen molar-refractivity contribution in [1.82, 2.24) is 4.98 Å². The van der Waals surface area contributed by atoms with Gasteiger partial charge in [0.05, 0.1) is 5.69 Å². The number of thiophene rings is 1. The number of anilines is 1. The Morgan fingerprint density at radius 2 is 2.08 bits per heavy atom. The topological polar surface area (TPSA) is 68.3 Å². The van der Waals surface area contributed by atoms with Crippen molar-refractivity contribution in [3.05, 3.63) is 55.6 Å². The molecule has 3 rings (SSSR count). The molecule has 0 atom stereocenters. The molecule has 8 heteroatoms. The zero-order valence-electron chi connectivity index (χ0n) is 14.0. The van der Waals surface area contributed by atoms with Crippen LogP contribution in [0.25, 0.3) is 10.6 Å². The third kappa shape index (κ3) is 4.38. The minimum atomic E-state index is -0.538. The molecule has 1 amide bonds. The molecule has 2 aromatic heterocycles. The maximum absolute atomic E-state index is 12.3. The van der Waals surface area contributed by atoms with E-state index < -0.39 is 5.97 Å². The summed E-state index contributed by atoms with van der Waals surface area (Å²) in [7, 11) is 0. The first kappa shape index (κ1) is 18.8. The first-order valence-electron chi connectivity index (χ1n) is 7.67. The minimum absolute atomic E-state index is 0.348. The zero-order chi connectivity index (χ0) is 18.7. The van der Waals surface area contributed by atoms with Crippen LogP contribution in [-0.4, -0.2) is 23.5 Å². The van der Waals surface area contributed by atoms with Crippen LogP contribution in [0.5, 0.6) is 0 Å². The van der Waals surface area contributed by atoms with Gasteiger partial charge in [-0.2, -0.15) is 11.3 Å². The summed E-state index contributed by atoms with van der Waals surface area (Å²) in [6.07, 6.45) is 0. The second kappa shape index (κ2) is 8.11. The van der Waals surface area contributed by atoms with Crippen molar-refractivity contribution in [3.8, 4) is 10.6 Å². The van der Waals surface area contributed by atoms with Gasteiger partial charge in [0, 0.05) is 21.1 Å². The fourth-order valence-electron chi connectivity index (χ4n) is 2.25. The molecule has 26 heavy (non-hydrogen) atoms. The molecule has 0 fully saturated rings. The van der Waals surface area contributed by atoms with E-state index in [9.17, 15) is 9.59 Å². The molecular formula is C18H15BrN2O3S2. The number of hydrogen-bond donors (Lipinski definition) is 1. The highest BCUT2D eigenvalue weighted by atomic mass is 79.9. The van der Waals surface area contributed by atoms with Crippen molar-refractivity contribution in [2.24, 2.45) is 0 Å². The van der Waals surface area contributed by atoms with Crippen molar-refractivity contribution in [2.75, 3.05) is 11.9 Å². The third-order valence-corrected chi connectivity index (χ3v) is 5.91. The fraction of sp³-hybridized carbons (Fsp3) is 0.167. The molecule has 0 radical (unpaired) electrons. The minimum Gasteiger partial charge on any atom is -0.451 e. The maximum Gasteiger partial charge on any atom is 0.350 e. The summed E-state index contributed by atoms with van der Waals surface area (Å²) < 4.78 is 6.08. The summed E-state index contributed by atoms with van der Waals surface area (Å²) in [6.45, 7) is 3.30. The Hall–Kier alpha value is -2.03. The summed E-state index contributed by atoms with van der Waals surface area (Å²) in [6, 6.07) is 7.47. The molecule has 0 saturated heterocycles. The first-order valence-corrected chi connectivity index (χ1v) is 10.2. The predicted octanol–water partition coefficient (Wildman–Crippen LogP) is 5.05. The normalized spacial score (nSPS) is 10.6. The highest BCUT2D eigenvalue weighted by Crippen LogP contribution is 2.29. The van der Waals surface area contributed by atoms with E-state index in [1.165, 1.54) is 11.3 Å². The number of aryl methyl sites for hydroxylation is 2. The molecule has 5 nitrogen and oxygen atoms in total. The summed E-state index contributed by atoms with van der Waals surface area (Å²) in [5, 5.41) is 7.44. The molecule has 3 aromatic rings. The van der Waals surface area contributed by atoms with Crippen LogP contribution in [0, 0.1) is 13.8 Å². The van der Waals surface area contributed by atoms with Gasteiger partial charge in [-0.3, -0.25) is 4.79 Å². The van der Waals surface area contributed by atoms with Gasteiger partial charge in [-0.1, -0.05) is 15.9 Å². The number of nitrogens with one attached hydrogen (secondary N) is 1. The van der Waals surface area contributed by atoms with E-state index in [1.807, 2.05) is 35.9 Å². The van der Waals surface area contributed by atoms with Crippen LogP contribution in [0.1, 0.15) is 20.9 Å². The second-order valence-electron chi connectivity index (χ2n) is 5.53. The SMILES string of the molecule is Cc1cc(Br)ccc1NC(=O)COC(=O)c1sc(-c2ccsc2)nc1C. The van der Waals surface area contributed by atoms with Gasteiger partial charge in [-0.05, 0) is 49.1 Å². The van der Waals surface area contributed by atoms with Crippen LogP contribution in [0.15, 0.2) is 39.5 Å². The van der Waals surface area contributed by atoms with Crippen LogP contribution < -0.4 is 5.32 Å². The van der Waals surface area contributed by atoms with Crippen LogP contribution >= 0.6 is 38.6 Å². The third-order valence-electron chi connectivity index (χ3n) is 3.55. The van der Waals surface area contributed by atoms with Crippen molar-refractivity contribution < 1.29 is 14.3 Å². The number of benzene rings is 1. The van der Waals surface area contributed by atoms with Crippen LogP contribution in [0.3, 0.4) is 0 Å². The molecule has 1 aromatic carbocycles. The number of hydrogen-bond acceptors (Lipinski definition) is 6. The molecule has 0 unspecified atom stereocenters. The van der Waals surface area contributed by atoms with Crippen LogP contribution in [0.2, 0.25) is 0 Å². The standard InChI is InChI=1S/C18H15BrN2O3S2/c1-10-7-13(19)3-4-14(10)21-15(22)8-24-18(23)16-11(2)20-17(26-16)12-5-6-25-9-12/h3-7,9H,8H2,1-2H3,(H,21,22). The molecule has 0 aliphatic rings. The molecule has 134 valence electrons. The Morgan fingerprint density at radius 3 is 2.77 bits per heavy atom. The van der Waals surface area contributed by atoms with Gasteiger partial charge in [-0.25, -0.2) is 9.78 Å². The van der Waals surface area contributed by atoms with Crippen LogP contribution in [-0.2, 0) is 9.53 Å². The van der Waals surface area contributed by atoms with Gasteiger partial charge < -0.3 is 10.1 Å². The molecule has 0 aliphatic heterocycles. The van der Waals surface area contributed by atoms with E-state index in [2.05, 4.69) is 26.2 Å². The number of thiazole rings is 1. The molecule has 0 saturated carbocycles. The number of amides is 1. The first-order chi connectivity index (χ1) is 12.4. The summed E-state index contributed by atoms with van der Waals surface area (Å²) >= 11 is 6.21. The van der Waals surface area contributed by atoms with Crippen molar-refractivity contribution in [3.63, 3.8) is 0 Å². The number of halogens is 1. The smallest absolute Gasteiger partial charge is 0.350 e. The molecule has 1 N–H and O–H groups in total. The average Bonchev–Trinajstić information content (AvgIpc) is 3.24. The molecule has 0 spiro atoms. The number of carbonyl (C=O) groups is 2. The van der Waals surface area contributed by atoms with Crippen molar-refractivity contribution in [2.45, 2.75) is 13.8 Å². The van der Waals surface area contributed by atoms with Crippen molar-refractivity contribution >= 4 is 56.2 Å². The predicted molar refractivity (Wildman–Crippen MR) is 108 cm³/mol. The Bertz CT molecular complexity index is 952. The Kier molecular flexibility index (Phi) is 5.85. The Balaban J connectivity index is 1.61. The number of rotatable bonds is 5. The Labute approximate surface area is 167 Å². The van der Waals surface area contributed by atoms with Gasteiger partial charge in [0.1, 0.15) is 9.88 Å². The van der Waals surface area contributed by atoms with Gasteiger partial charge in [0.15, 0.2) is 6.61 Å². The number of aromatic nitrogens is 1. The van der Waals surface area contributed by atoms with E-state index in [-0.39, 0.29) is 12.5 Å². The fourth-order valence-corrected chi connectivity index (χ4v) is 4.39. The van der Waals surface area contributed by atoms with E-state index in [0.29, 0.717) is 16.3 Å². The summed E-state index contributed by atoms with van der Waals surface area (Å²) in [5.74, 6) is -0.923. The van der Waals surface area contributed by atoms with Gasteiger partial charge in [0.2, 0.25) is 0 Å². The Morgan fingerprint density at radius 1 is 1.27 bits per heavy atom. The number of esters is 1. The quantitative estimate of drug-likeness (QED) is 0.552. The second-order valence-corrected chi connectivity index (χ2v) is 8.22. The maximum atomic E-state index is 12.3. The number of carbonyl (C=O) groups excluding carboxylic acids is 2. The van der Waals surface area contributed by atoms with Gasteiger partial charge >= 0.3 is 5.97 Å². The van der Waals surface area contributed by atoms with Crippen molar-refractivity contribution in [1.29, 1.82) is 0 Å². The van der Waals surface area contributed by atoms with E-state index in [4.69, 9.17) is 4.74 Å². The van der Waals surface area contributed by atoms with E-state index in [0.717, 1.165) is 20.6 Å². The van der Waals surface area contributed by atoms with Gasteiger partial charge in [0.25, 0.3) is 5.91 Å². The summed E-state index contributed by atoms with van der Waals surface area (Å²) in [4.78, 5) is 29.2. The van der Waals surface area contributed by atoms with E-state index >= 15 is 0 Å². The number of ether oxygens (including phenoxy) is 1. The lowest BCUT2D eigenvalue weighted by Gasteiger charge is -2.09. The highest BCUT2D eigenvalue weighted by Gasteiger charge is 2.19. The average molecular weight is 451 g/mol. The summed E-state index contributed by atoms with van der Waals surface area (Å²) in [5.41, 5.74) is 3.18. The van der Waals surface area contributed by atoms with E-state index in [1.54, 1.807) is 24.3 Å². The lowest BCUT2D eigenvalue weighted by atomic mass is 10.2. The molecule has 0 bridgehead atoms. The number of nitrogens with zero attached hydrogens (tertiary/aromatic N) is 1. The van der Waals surface area contributed by atoms with Crippen LogP contribution in [0.4, 0.5) is 5.69 Å². The molecule has 2 heterocycles. The lowest BCUT2D eigenvalue weighted by molar-refractivity contribution is -0.119. The molecule has 0 aliphatic carbocycles. The monoisotopic (exact) mass is 450 g/mol. The molecular weight excluding hydrogens is 436 g/mol.